The standard InChI is InChI=1S/C13H18FN3O3S/c1-21(19,20)17-12-7-10(4-5-11(12)14)16-13(18)9-3-2-6-15-8-9/h4-5,7,9,15,17H,2-3,6,8H2,1H3,(H,16,18)/t9-/m1/s1. The highest BCUT2D eigenvalue weighted by atomic mass is 32.2. The van der Waals surface area contributed by atoms with Gasteiger partial charge in [-0.1, -0.05) is 0 Å². The highest BCUT2D eigenvalue weighted by Gasteiger charge is 2.21. The number of benzene rings is 1. The Labute approximate surface area is 123 Å². The first-order valence-corrected chi connectivity index (χ1v) is 8.53. The molecule has 1 saturated heterocycles. The van der Waals surface area contributed by atoms with Crippen LogP contribution in [-0.2, 0) is 14.8 Å². The number of nitrogens with one attached hydrogen (secondary N) is 3. The summed E-state index contributed by atoms with van der Waals surface area (Å²) < 4.78 is 37.9. The van der Waals surface area contributed by atoms with Crippen LogP contribution in [-0.4, -0.2) is 33.7 Å². The molecule has 3 N–H and O–H groups in total. The van der Waals surface area contributed by atoms with Gasteiger partial charge in [0.05, 0.1) is 17.9 Å². The van der Waals surface area contributed by atoms with Crippen LogP contribution in [0.3, 0.4) is 0 Å². The number of anilines is 2. The first-order valence-electron chi connectivity index (χ1n) is 6.64. The Morgan fingerprint density at radius 3 is 2.81 bits per heavy atom. The van der Waals surface area contributed by atoms with Gasteiger partial charge in [-0.25, -0.2) is 12.8 Å². The Hall–Kier alpha value is -1.67. The third-order valence-electron chi connectivity index (χ3n) is 3.20. The maximum atomic E-state index is 13.5. The van der Waals surface area contributed by atoms with Gasteiger partial charge in [-0.3, -0.25) is 9.52 Å². The summed E-state index contributed by atoms with van der Waals surface area (Å²) in [6.45, 7) is 1.52. The zero-order valence-electron chi connectivity index (χ0n) is 11.6. The molecule has 21 heavy (non-hydrogen) atoms. The van der Waals surface area contributed by atoms with Crippen LogP contribution in [0.25, 0.3) is 0 Å². The summed E-state index contributed by atoms with van der Waals surface area (Å²) in [4.78, 5) is 12.1. The molecule has 6 nitrogen and oxygen atoms in total. The second-order valence-corrected chi connectivity index (χ2v) is 6.85. The van der Waals surface area contributed by atoms with E-state index in [1.807, 2.05) is 0 Å². The van der Waals surface area contributed by atoms with Crippen LogP contribution in [0, 0.1) is 11.7 Å². The van der Waals surface area contributed by atoms with E-state index >= 15 is 0 Å². The number of carbonyl (C=O) groups excluding carboxylic acids is 1. The van der Waals surface area contributed by atoms with Gasteiger partial charge in [-0.2, -0.15) is 0 Å². The first-order chi connectivity index (χ1) is 9.85. The number of amides is 1. The van der Waals surface area contributed by atoms with E-state index in [9.17, 15) is 17.6 Å². The lowest BCUT2D eigenvalue weighted by molar-refractivity contribution is -0.120. The predicted octanol–water partition coefficient (Wildman–Crippen LogP) is 1.14. The normalized spacial score (nSPS) is 19.0. The van der Waals surface area contributed by atoms with Crippen LogP contribution in [0.15, 0.2) is 18.2 Å². The topological polar surface area (TPSA) is 87.3 Å². The zero-order chi connectivity index (χ0) is 15.5. The Morgan fingerprint density at radius 1 is 1.43 bits per heavy atom. The molecule has 8 heteroatoms. The predicted molar refractivity (Wildman–Crippen MR) is 79.1 cm³/mol. The maximum Gasteiger partial charge on any atom is 0.229 e. The fourth-order valence-corrected chi connectivity index (χ4v) is 2.76. The van der Waals surface area contributed by atoms with Crippen molar-refractivity contribution in [3.63, 3.8) is 0 Å². The molecule has 0 aromatic heterocycles. The van der Waals surface area contributed by atoms with Gasteiger partial charge in [0.2, 0.25) is 15.9 Å². The summed E-state index contributed by atoms with van der Waals surface area (Å²) in [5, 5.41) is 5.83. The van der Waals surface area contributed by atoms with Crippen molar-refractivity contribution in [2.45, 2.75) is 12.8 Å². The zero-order valence-corrected chi connectivity index (χ0v) is 12.5. The van der Waals surface area contributed by atoms with Crippen molar-refractivity contribution in [1.82, 2.24) is 5.32 Å². The van der Waals surface area contributed by atoms with E-state index in [2.05, 4.69) is 15.4 Å². The van der Waals surface area contributed by atoms with E-state index in [4.69, 9.17) is 0 Å². The minimum Gasteiger partial charge on any atom is -0.326 e. The van der Waals surface area contributed by atoms with Gasteiger partial charge in [0.25, 0.3) is 0 Å². The smallest absolute Gasteiger partial charge is 0.229 e. The molecule has 1 heterocycles. The molecule has 1 aliphatic rings. The number of sulfonamides is 1. The fourth-order valence-electron chi connectivity index (χ4n) is 2.20. The van der Waals surface area contributed by atoms with E-state index in [-0.39, 0.29) is 17.5 Å². The number of hydrogen-bond acceptors (Lipinski definition) is 4. The molecular weight excluding hydrogens is 297 g/mol. The van der Waals surface area contributed by atoms with Gasteiger partial charge in [0, 0.05) is 12.2 Å². The van der Waals surface area contributed by atoms with Crippen molar-refractivity contribution < 1.29 is 17.6 Å². The number of carbonyl (C=O) groups is 1. The van der Waals surface area contributed by atoms with Gasteiger partial charge >= 0.3 is 0 Å². The van der Waals surface area contributed by atoms with Crippen LogP contribution in [0.2, 0.25) is 0 Å². The molecule has 1 aliphatic heterocycles. The third-order valence-corrected chi connectivity index (χ3v) is 3.79. The molecule has 0 saturated carbocycles. The molecule has 0 unspecified atom stereocenters. The summed E-state index contributed by atoms with van der Waals surface area (Å²) >= 11 is 0. The second kappa shape index (κ2) is 6.40. The monoisotopic (exact) mass is 315 g/mol. The third kappa shape index (κ3) is 4.68. The van der Waals surface area contributed by atoms with Gasteiger partial charge < -0.3 is 10.6 Å². The number of rotatable bonds is 4. The molecule has 0 aliphatic carbocycles. The van der Waals surface area contributed by atoms with E-state index in [0.29, 0.717) is 12.2 Å². The minimum atomic E-state index is -3.58. The summed E-state index contributed by atoms with van der Waals surface area (Å²) in [7, 11) is -3.58. The number of halogens is 1. The van der Waals surface area contributed by atoms with E-state index in [1.54, 1.807) is 0 Å². The highest BCUT2D eigenvalue weighted by molar-refractivity contribution is 7.92. The lowest BCUT2D eigenvalue weighted by atomic mass is 9.99. The number of piperidine rings is 1. The quantitative estimate of drug-likeness (QED) is 0.777. The second-order valence-electron chi connectivity index (χ2n) is 5.10. The van der Waals surface area contributed by atoms with Crippen LogP contribution in [0.4, 0.5) is 15.8 Å². The molecule has 0 spiro atoms. The fraction of sp³-hybridized carbons (Fsp3) is 0.462. The van der Waals surface area contributed by atoms with Crippen LogP contribution >= 0.6 is 0 Å². The Balaban J connectivity index is 2.09. The van der Waals surface area contributed by atoms with Crippen molar-refractivity contribution in [3.05, 3.63) is 24.0 Å². The van der Waals surface area contributed by atoms with Gasteiger partial charge in [-0.15, -0.1) is 0 Å². The maximum absolute atomic E-state index is 13.5. The molecule has 116 valence electrons. The lowest BCUT2D eigenvalue weighted by Crippen LogP contribution is -2.37. The summed E-state index contributed by atoms with van der Waals surface area (Å²) in [6.07, 6.45) is 2.67. The molecule has 1 aromatic carbocycles. The molecular formula is C13H18FN3O3S. The van der Waals surface area contributed by atoms with Crippen molar-refractivity contribution in [2.24, 2.45) is 5.92 Å². The van der Waals surface area contributed by atoms with Crippen molar-refractivity contribution >= 4 is 27.3 Å². The molecule has 1 amide bonds. The lowest BCUT2D eigenvalue weighted by Gasteiger charge is -2.22. The molecule has 1 fully saturated rings. The molecule has 0 bridgehead atoms. The molecule has 2 rings (SSSR count). The van der Waals surface area contributed by atoms with Crippen molar-refractivity contribution in [2.75, 3.05) is 29.4 Å². The largest absolute Gasteiger partial charge is 0.326 e. The summed E-state index contributed by atoms with van der Waals surface area (Å²) in [5.41, 5.74) is 0.176. The summed E-state index contributed by atoms with van der Waals surface area (Å²) in [5.74, 6) is -0.980. The van der Waals surface area contributed by atoms with Gasteiger partial charge in [0.15, 0.2) is 0 Å². The van der Waals surface area contributed by atoms with Crippen molar-refractivity contribution in [1.29, 1.82) is 0 Å². The number of hydrogen-bond donors (Lipinski definition) is 3. The minimum absolute atomic E-state index is 0.130. The van der Waals surface area contributed by atoms with Crippen molar-refractivity contribution in [3.8, 4) is 0 Å². The molecule has 1 aromatic rings. The Morgan fingerprint density at radius 2 is 2.19 bits per heavy atom. The van der Waals surface area contributed by atoms with Crippen LogP contribution in [0.5, 0.6) is 0 Å². The van der Waals surface area contributed by atoms with E-state index in [1.165, 1.54) is 12.1 Å². The highest BCUT2D eigenvalue weighted by Crippen LogP contribution is 2.21. The van der Waals surface area contributed by atoms with Gasteiger partial charge in [0.1, 0.15) is 5.82 Å². The van der Waals surface area contributed by atoms with E-state index < -0.39 is 15.8 Å². The Bertz CT molecular complexity index is 628. The Kier molecular flexibility index (Phi) is 4.79. The SMILES string of the molecule is CS(=O)(=O)Nc1cc(NC(=O)[C@@H]2CCCNC2)ccc1F. The van der Waals surface area contributed by atoms with E-state index in [0.717, 1.165) is 31.7 Å². The average Bonchev–Trinajstić information content (AvgIpc) is 2.42. The van der Waals surface area contributed by atoms with Crippen LogP contribution < -0.4 is 15.4 Å². The first kappa shape index (κ1) is 15.7. The average molecular weight is 315 g/mol. The van der Waals surface area contributed by atoms with Gasteiger partial charge in [-0.05, 0) is 37.6 Å². The summed E-state index contributed by atoms with van der Waals surface area (Å²) in [6, 6.07) is 3.78. The van der Waals surface area contributed by atoms with Crippen LogP contribution in [0.1, 0.15) is 12.8 Å². The molecule has 1 atom stereocenters. The molecule has 0 radical (unpaired) electrons.